The number of nitrogen functional groups attached to an aromatic ring is 1. The summed E-state index contributed by atoms with van der Waals surface area (Å²) in [5.74, 6) is 3.10. The molecule has 4 rings (SSSR count). The van der Waals surface area contributed by atoms with Crippen LogP contribution in [0.4, 0.5) is 11.8 Å². The van der Waals surface area contributed by atoms with Gasteiger partial charge in [0.15, 0.2) is 23.2 Å². The quantitative estimate of drug-likeness (QED) is 0.195. The van der Waals surface area contributed by atoms with E-state index in [1.807, 2.05) is 18.2 Å². The summed E-state index contributed by atoms with van der Waals surface area (Å²) in [5, 5.41) is 5.94. The van der Waals surface area contributed by atoms with Crippen LogP contribution < -0.4 is 20.7 Å². The Hall–Kier alpha value is -3.27. The van der Waals surface area contributed by atoms with E-state index in [-0.39, 0.29) is 18.5 Å². The normalized spacial score (nSPS) is 21.6. The van der Waals surface area contributed by atoms with E-state index in [1.54, 1.807) is 37.0 Å². The molecule has 0 spiro atoms. The predicted molar refractivity (Wildman–Crippen MR) is 142 cm³/mol. The first-order chi connectivity index (χ1) is 17.8. The topological polar surface area (TPSA) is 148 Å². The number of hydrogen-bond donors (Lipinski definition) is 3. The highest BCUT2D eigenvalue weighted by atomic mass is 32.5. The number of fused-ring (bicyclic) bond motifs is 1. The third kappa shape index (κ3) is 6.01. The number of carbonyl (C=O) groups is 1. The Morgan fingerprint density at radius 1 is 1.41 bits per heavy atom. The number of benzene rings is 1. The van der Waals surface area contributed by atoms with Gasteiger partial charge in [0.05, 0.1) is 32.1 Å². The molecule has 3 heterocycles. The SMILES string of the molecule is C#C[C@H]1C[C@@H](CO[P@@](=S)(N[C@H](C)C(=O)OC)Oc2ccccc2)O[C@H]1n1cnc2c(NC)nc(N)nc21. The van der Waals surface area contributed by atoms with Crippen molar-refractivity contribution in [3.63, 3.8) is 0 Å². The van der Waals surface area contributed by atoms with E-state index >= 15 is 0 Å². The number of imidazole rings is 1. The van der Waals surface area contributed by atoms with Crippen LogP contribution in [0.3, 0.4) is 0 Å². The molecule has 12 nitrogen and oxygen atoms in total. The van der Waals surface area contributed by atoms with Gasteiger partial charge in [0.25, 0.3) is 0 Å². The number of esters is 1. The van der Waals surface area contributed by atoms with Crippen LogP contribution >= 0.6 is 6.64 Å². The van der Waals surface area contributed by atoms with E-state index in [9.17, 15) is 4.79 Å². The lowest BCUT2D eigenvalue weighted by Crippen LogP contribution is -2.35. The van der Waals surface area contributed by atoms with E-state index in [1.165, 1.54) is 7.11 Å². The number of ether oxygens (including phenoxy) is 2. The molecule has 1 aliphatic heterocycles. The Balaban J connectivity index is 1.52. The van der Waals surface area contributed by atoms with E-state index in [4.69, 9.17) is 42.5 Å². The second kappa shape index (κ2) is 11.4. The van der Waals surface area contributed by atoms with Crippen molar-refractivity contribution >= 4 is 47.3 Å². The molecule has 0 saturated carbocycles. The van der Waals surface area contributed by atoms with Crippen LogP contribution in [0.1, 0.15) is 19.6 Å². The molecular weight excluding hydrogens is 517 g/mol. The fourth-order valence-corrected chi connectivity index (χ4v) is 6.35. The molecular formula is C23H28N7O5PS. The first-order valence-corrected chi connectivity index (χ1v) is 14.0. The fourth-order valence-electron chi connectivity index (χ4n) is 3.92. The van der Waals surface area contributed by atoms with Gasteiger partial charge in [0.1, 0.15) is 11.8 Å². The van der Waals surface area contributed by atoms with Gasteiger partial charge in [0.2, 0.25) is 5.95 Å². The third-order valence-corrected chi connectivity index (χ3v) is 8.16. The number of rotatable bonds is 10. The Morgan fingerprint density at radius 3 is 2.84 bits per heavy atom. The largest absolute Gasteiger partial charge is 0.468 e. The minimum Gasteiger partial charge on any atom is -0.468 e. The summed E-state index contributed by atoms with van der Waals surface area (Å²) in [7, 11) is 3.02. The van der Waals surface area contributed by atoms with Crippen LogP contribution in [0.2, 0.25) is 0 Å². The summed E-state index contributed by atoms with van der Waals surface area (Å²) in [6.07, 6.45) is 6.96. The number of nitrogens with zero attached hydrogens (tertiary/aromatic N) is 4. The predicted octanol–water partition coefficient (Wildman–Crippen LogP) is 2.46. The zero-order valence-corrected chi connectivity index (χ0v) is 22.2. The van der Waals surface area contributed by atoms with Gasteiger partial charge in [0, 0.05) is 7.05 Å². The fraction of sp³-hybridized carbons (Fsp3) is 0.391. The lowest BCUT2D eigenvalue weighted by atomic mass is 10.0. The second-order valence-electron chi connectivity index (χ2n) is 8.23. The standard InChI is InChI=1S/C23H28N7O5PS/c1-5-15-11-17(34-21(15)30-13-26-18-19(25-3)27-23(24)28-20(18)30)12-33-36(37,29-14(2)22(31)32-4)35-16-9-7-6-8-10-16/h1,6-10,13-15,17,21H,11-12H2,2-4H3,(H,29,37)(H3,24,25,27,28)/t14-,15+,17+,21-,36+/m1/s1. The highest BCUT2D eigenvalue weighted by Gasteiger charge is 2.38. The monoisotopic (exact) mass is 545 g/mol. The molecule has 4 N–H and O–H groups in total. The molecule has 14 heteroatoms. The molecule has 3 aromatic rings. The van der Waals surface area contributed by atoms with Crippen LogP contribution in [0, 0.1) is 18.3 Å². The number of para-hydroxylation sites is 1. The van der Waals surface area contributed by atoms with Gasteiger partial charge in [-0.15, -0.1) is 6.42 Å². The summed E-state index contributed by atoms with van der Waals surface area (Å²) < 4.78 is 24.9. The van der Waals surface area contributed by atoms with Gasteiger partial charge in [-0.05, 0) is 37.3 Å². The molecule has 5 atom stereocenters. The van der Waals surface area contributed by atoms with E-state index in [0.29, 0.717) is 29.2 Å². The van der Waals surface area contributed by atoms with E-state index < -0.39 is 31.0 Å². The lowest BCUT2D eigenvalue weighted by Gasteiger charge is -2.27. The van der Waals surface area contributed by atoms with Gasteiger partial charge in [-0.1, -0.05) is 24.1 Å². The second-order valence-corrected chi connectivity index (χ2v) is 11.4. The van der Waals surface area contributed by atoms with Gasteiger partial charge in [-0.25, -0.2) is 10.1 Å². The molecule has 0 aliphatic carbocycles. The lowest BCUT2D eigenvalue weighted by molar-refractivity contribution is -0.142. The number of hydrogen-bond acceptors (Lipinski definition) is 11. The molecule has 0 radical (unpaired) electrons. The number of nitrogens with two attached hydrogens (primary N) is 1. The smallest absolute Gasteiger partial charge is 0.323 e. The number of nitrogens with one attached hydrogen (secondary N) is 2. The highest BCUT2D eigenvalue weighted by molar-refractivity contribution is 8.09. The number of methoxy groups -OCH3 is 1. The maximum atomic E-state index is 12.0. The van der Waals surface area contributed by atoms with Crippen molar-refractivity contribution < 1.29 is 23.3 Å². The molecule has 1 aliphatic rings. The minimum atomic E-state index is -3.20. The van der Waals surface area contributed by atoms with Gasteiger partial charge in [-0.3, -0.25) is 9.36 Å². The Labute approximate surface area is 219 Å². The summed E-state index contributed by atoms with van der Waals surface area (Å²) in [4.78, 5) is 24.9. The van der Waals surface area contributed by atoms with Gasteiger partial charge >= 0.3 is 12.6 Å². The molecule has 1 saturated heterocycles. The Bertz CT molecular complexity index is 1350. The molecule has 2 aromatic heterocycles. The summed E-state index contributed by atoms with van der Waals surface area (Å²) in [6, 6.07) is 8.23. The van der Waals surface area contributed by atoms with Crippen molar-refractivity contribution in [3.05, 3.63) is 36.7 Å². The molecule has 0 unspecified atom stereocenters. The highest BCUT2D eigenvalue weighted by Crippen LogP contribution is 2.47. The average molecular weight is 546 g/mol. The maximum Gasteiger partial charge on any atom is 0.323 e. The van der Waals surface area contributed by atoms with Crippen LogP contribution in [0.15, 0.2) is 36.7 Å². The summed E-state index contributed by atoms with van der Waals surface area (Å²) >= 11 is 5.73. The van der Waals surface area contributed by atoms with Crippen molar-refractivity contribution in [1.29, 1.82) is 0 Å². The molecule has 0 amide bonds. The van der Waals surface area contributed by atoms with E-state index in [2.05, 4.69) is 31.3 Å². The average Bonchev–Trinajstić information content (AvgIpc) is 3.50. The number of anilines is 2. The maximum absolute atomic E-state index is 12.0. The molecule has 1 aromatic carbocycles. The van der Waals surface area contributed by atoms with Crippen LogP contribution in [0.25, 0.3) is 11.2 Å². The first-order valence-electron chi connectivity index (χ1n) is 11.4. The summed E-state index contributed by atoms with van der Waals surface area (Å²) in [6.45, 7) is -1.50. The molecule has 0 bridgehead atoms. The van der Waals surface area contributed by atoms with Crippen LogP contribution in [-0.4, -0.2) is 58.4 Å². The first kappa shape index (κ1) is 26.8. The zero-order chi connectivity index (χ0) is 26.6. The third-order valence-electron chi connectivity index (χ3n) is 5.66. The Kier molecular flexibility index (Phi) is 8.26. The van der Waals surface area contributed by atoms with Crippen molar-refractivity contribution in [2.75, 3.05) is 31.8 Å². The van der Waals surface area contributed by atoms with E-state index in [0.717, 1.165) is 0 Å². The van der Waals surface area contributed by atoms with Gasteiger partial charge < -0.3 is 29.6 Å². The molecule has 37 heavy (non-hydrogen) atoms. The molecule has 196 valence electrons. The summed E-state index contributed by atoms with van der Waals surface area (Å²) in [5.41, 5.74) is 6.93. The zero-order valence-electron chi connectivity index (χ0n) is 20.5. The van der Waals surface area contributed by atoms with Crippen molar-refractivity contribution in [3.8, 4) is 18.1 Å². The van der Waals surface area contributed by atoms with Crippen LogP contribution in [0.5, 0.6) is 5.75 Å². The Morgan fingerprint density at radius 2 is 2.16 bits per heavy atom. The molecule has 1 fully saturated rings. The van der Waals surface area contributed by atoms with Crippen LogP contribution in [-0.2, 0) is 30.6 Å². The number of aromatic nitrogens is 4. The van der Waals surface area contributed by atoms with Gasteiger partial charge in [-0.2, -0.15) is 9.97 Å². The van der Waals surface area contributed by atoms with Crippen molar-refractivity contribution in [2.45, 2.75) is 31.7 Å². The number of terminal acetylenes is 1. The van der Waals surface area contributed by atoms with Crippen molar-refractivity contribution in [1.82, 2.24) is 24.6 Å². The number of carbonyl (C=O) groups excluding carboxylic acids is 1. The van der Waals surface area contributed by atoms with Crippen molar-refractivity contribution in [2.24, 2.45) is 5.92 Å². The minimum absolute atomic E-state index is 0.0746.